The van der Waals surface area contributed by atoms with E-state index in [0.717, 1.165) is 43.7 Å². The zero-order valence-electron chi connectivity index (χ0n) is 17.5. The molecule has 2 aromatic rings. The van der Waals surface area contributed by atoms with E-state index in [4.69, 9.17) is 23.2 Å². The molecule has 4 rings (SSSR count). The highest BCUT2D eigenvalue weighted by atomic mass is 35.5. The fourth-order valence-corrected chi connectivity index (χ4v) is 5.30. The molecule has 30 heavy (non-hydrogen) atoms. The molecule has 1 N–H and O–H groups in total. The lowest BCUT2D eigenvalue weighted by molar-refractivity contribution is 0.0951. The second kappa shape index (κ2) is 9.59. The fraction of sp³-hybridized carbons (Fsp3) is 0.458. The first kappa shape index (κ1) is 21.5. The van der Waals surface area contributed by atoms with Crippen molar-refractivity contribution < 1.29 is 4.79 Å². The number of hydrogen-bond acceptors (Lipinski definition) is 3. The van der Waals surface area contributed by atoms with Crippen LogP contribution in [0.5, 0.6) is 0 Å². The highest BCUT2D eigenvalue weighted by Gasteiger charge is 2.21. The molecule has 2 aromatic carbocycles. The van der Waals surface area contributed by atoms with Gasteiger partial charge < -0.3 is 10.2 Å². The average molecular weight is 446 g/mol. The van der Waals surface area contributed by atoms with Gasteiger partial charge in [0, 0.05) is 31.2 Å². The predicted octanol–water partition coefficient (Wildman–Crippen LogP) is 5.68. The number of benzene rings is 2. The van der Waals surface area contributed by atoms with Crippen molar-refractivity contribution in [3.05, 3.63) is 63.1 Å². The van der Waals surface area contributed by atoms with Crippen molar-refractivity contribution in [2.45, 2.75) is 44.7 Å². The maximum absolute atomic E-state index is 12.7. The molecule has 2 aliphatic heterocycles. The third-order valence-electron chi connectivity index (χ3n) is 6.29. The summed E-state index contributed by atoms with van der Waals surface area (Å²) >= 11 is 12.9. The molecular weight excluding hydrogens is 417 g/mol. The summed E-state index contributed by atoms with van der Waals surface area (Å²) in [4.78, 5) is 17.3. The van der Waals surface area contributed by atoms with Crippen molar-refractivity contribution in [2.75, 3.05) is 31.6 Å². The second-order valence-corrected chi connectivity index (χ2v) is 9.21. The number of hydrogen-bond donors (Lipinski definition) is 1. The van der Waals surface area contributed by atoms with Crippen LogP contribution in [-0.2, 0) is 6.54 Å². The summed E-state index contributed by atoms with van der Waals surface area (Å²) in [6.07, 6.45) is 6.07. The Hall–Kier alpha value is -1.75. The van der Waals surface area contributed by atoms with Crippen LogP contribution >= 0.6 is 23.2 Å². The van der Waals surface area contributed by atoms with Crippen LogP contribution in [0.4, 0.5) is 5.69 Å². The summed E-state index contributed by atoms with van der Waals surface area (Å²) in [5.41, 5.74) is 3.77. The number of carbonyl (C=O) groups is 1. The Morgan fingerprint density at radius 2 is 1.63 bits per heavy atom. The molecule has 0 aliphatic carbocycles. The molecule has 0 spiro atoms. The number of anilines is 1. The molecule has 1 amide bonds. The monoisotopic (exact) mass is 445 g/mol. The molecule has 2 aliphatic rings. The van der Waals surface area contributed by atoms with Crippen molar-refractivity contribution in [1.82, 2.24) is 10.2 Å². The van der Waals surface area contributed by atoms with Gasteiger partial charge in [0.1, 0.15) is 0 Å². The van der Waals surface area contributed by atoms with E-state index in [2.05, 4.69) is 46.4 Å². The molecule has 2 saturated heterocycles. The predicted molar refractivity (Wildman–Crippen MR) is 125 cm³/mol. The Balaban J connectivity index is 1.38. The van der Waals surface area contributed by atoms with Crippen LogP contribution in [0.3, 0.4) is 0 Å². The number of likely N-dealkylation sites (tertiary alicyclic amines) is 1. The average Bonchev–Trinajstić information content (AvgIpc) is 3.26. The van der Waals surface area contributed by atoms with Gasteiger partial charge in [-0.3, -0.25) is 9.69 Å². The Bertz CT molecular complexity index is 871. The first-order valence-electron chi connectivity index (χ1n) is 10.8. The number of carbonyl (C=O) groups excluding carboxylic acids is 1. The molecule has 0 bridgehead atoms. The first-order valence-corrected chi connectivity index (χ1v) is 11.6. The summed E-state index contributed by atoms with van der Waals surface area (Å²) in [6.45, 7) is 3.54. The quantitative estimate of drug-likeness (QED) is 0.642. The van der Waals surface area contributed by atoms with Crippen LogP contribution in [0.2, 0.25) is 10.0 Å². The number of nitrogens with zero attached hydrogens (tertiary/aromatic N) is 2. The molecule has 160 valence electrons. The topological polar surface area (TPSA) is 35.6 Å². The summed E-state index contributed by atoms with van der Waals surface area (Å²) in [5, 5.41) is 4.06. The zero-order valence-corrected chi connectivity index (χ0v) is 19.0. The minimum absolute atomic E-state index is 0.164. The van der Waals surface area contributed by atoms with Crippen LogP contribution in [-0.4, -0.2) is 37.5 Å². The van der Waals surface area contributed by atoms with Crippen LogP contribution < -0.4 is 10.2 Å². The molecule has 0 aromatic heterocycles. The zero-order chi connectivity index (χ0) is 21.1. The third-order valence-corrected chi connectivity index (χ3v) is 6.87. The van der Waals surface area contributed by atoms with Crippen molar-refractivity contribution in [3.8, 4) is 0 Å². The minimum Gasteiger partial charge on any atom is -0.369 e. The van der Waals surface area contributed by atoms with Gasteiger partial charge in [-0.1, -0.05) is 53.9 Å². The molecule has 1 unspecified atom stereocenters. The molecule has 1 atom stereocenters. The van der Waals surface area contributed by atoms with Crippen LogP contribution in [0.1, 0.15) is 59.6 Å². The normalized spacial score (nSPS) is 19.8. The number of rotatable bonds is 5. The molecular formula is C24H29Cl2N3O. The van der Waals surface area contributed by atoms with E-state index in [9.17, 15) is 4.79 Å². The first-order chi connectivity index (χ1) is 14.5. The van der Waals surface area contributed by atoms with Gasteiger partial charge in [-0.25, -0.2) is 0 Å². The Morgan fingerprint density at radius 1 is 1.00 bits per heavy atom. The summed E-state index contributed by atoms with van der Waals surface area (Å²) in [7, 11) is 2.20. The van der Waals surface area contributed by atoms with Gasteiger partial charge in [0.15, 0.2) is 0 Å². The summed E-state index contributed by atoms with van der Waals surface area (Å²) < 4.78 is 0. The maximum atomic E-state index is 12.7. The van der Waals surface area contributed by atoms with E-state index in [1.807, 2.05) is 0 Å². The SMILES string of the molecule is CN1CCCCC1c1ccc(CNC(=O)c2cc(Cl)c(N3CCCC3)c(Cl)c2)cc1. The Kier molecular flexibility index (Phi) is 6.87. The summed E-state index contributed by atoms with van der Waals surface area (Å²) in [5.74, 6) is -0.164. The van der Waals surface area contributed by atoms with Crippen molar-refractivity contribution in [3.63, 3.8) is 0 Å². The molecule has 2 heterocycles. The number of nitrogens with one attached hydrogen (secondary N) is 1. The molecule has 0 radical (unpaired) electrons. The molecule has 0 saturated carbocycles. The number of piperidine rings is 1. The van der Waals surface area contributed by atoms with Gasteiger partial charge >= 0.3 is 0 Å². The largest absolute Gasteiger partial charge is 0.369 e. The van der Waals surface area contributed by atoms with Gasteiger partial charge in [0.05, 0.1) is 15.7 Å². The van der Waals surface area contributed by atoms with Gasteiger partial charge in [-0.05, 0) is 62.5 Å². The lowest BCUT2D eigenvalue weighted by Gasteiger charge is -2.32. The highest BCUT2D eigenvalue weighted by molar-refractivity contribution is 6.39. The maximum Gasteiger partial charge on any atom is 0.251 e. The third kappa shape index (κ3) is 4.77. The van der Waals surface area contributed by atoms with E-state index >= 15 is 0 Å². The lowest BCUT2D eigenvalue weighted by atomic mass is 9.95. The lowest BCUT2D eigenvalue weighted by Crippen LogP contribution is -2.29. The van der Waals surface area contributed by atoms with Gasteiger partial charge in [0.25, 0.3) is 5.91 Å². The minimum atomic E-state index is -0.164. The van der Waals surface area contributed by atoms with E-state index in [-0.39, 0.29) is 5.91 Å². The fourth-order valence-electron chi connectivity index (χ4n) is 4.58. The standard InChI is InChI=1S/C24H29Cl2N3O/c1-28-11-3-2-6-22(28)18-9-7-17(8-10-18)16-27-24(30)19-14-20(25)23(21(26)15-19)29-12-4-5-13-29/h7-10,14-15,22H,2-6,11-13,16H2,1H3,(H,27,30). The second-order valence-electron chi connectivity index (χ2n) is 8.40. The van der Waals surface area contributed by atoms with Crippen molar-refractivity contribution >= 4 is 34.8 Å². The highest BCUT2D eigenvalue weighted by Crippen LogP contribution is 2.37. The smallest absolute Gasteiger partial charge is 0.251 e. The van der Waals surface area contributed by atoms with Crippen molar-refractivity contribution in [2.24, 2.45) is 0 Å². The molecule has 2 fully saturated rings. The van der Waals surface area contributed by atoms with Gasteiger partial charge in [-0.15, -0.1) is 0 Å². The number of halogens is 2. The summed E-state index contributed by atoms with van der Waals surface area (Å²) in [6, 6.07) is 12.5. The van der Waals surface area contributed by atoms with Gasteiger partial charge in [-0.2, -0.15) is 0 Å². The van der Waals surface area contributed by atoms with Crippen LogP contribution in [0.25, 0.3) is 0 Å². The van der Waals surface area contributed by atoms with Crippen LogP contribution in [0.15, 0.2) is 36.4 Å². The van der Waals surface area contributed by atoms with Crippen LogP contribution in [0, 0.1) is 0 Å². The van der Waals surface area contributed by atoms with E-state index in [1.54, 1.807) is 12.1 Å². The molecule has 4 nitrogen and oxygen atoms in total. The van der Waals surface area contributed by atoms with E-state index in [0.29, 0.717) is 28.2 Å². The van der Waals surface area contributed by atoms with E-state index in [1.165, 1.54) is 24.8 Å². The Morgan fingerprint density at radius 3 is 2.27 bits per heavy atom. The van der Waals surface area contributed by atoms with E-state index < -0.39 is 0 Å². The van der Waals surface area contributed by atoms with Crippen molar-refractivity contribution in [1.29, 1.82) is 0 Å². The van der Waals surface area contributed by atoms with Gasteiger partial charge in [0.2, 0.25) is 0 Å². The molecule has 6 heteroatoms. The Labute approximate surface area is 189 Å². The number of amides is 1.